The van der Waals surface area contributed by atoms with Crippen molar-refractivity contribution in [1.29, 1.82) is 0 Å². The summed E-state index contributed by atoms with van der Waals surface area (Å²) in [4.78, 5) is 24.6. The lowest BCUT2D eigenvalue weighted by Crippen LogP contribution is -2.31. The van der Waals surface area contributed by atoms with Crippen LogP contribution in [-0.4, -0.2) is 18.8 Å². The van der Waals surface area contributed by atoms with Crippen LogP contribution in [0.2, 0.25) is 0 Å². The van der Waals surface area contributed by atoms with E-state index in [1.54, 1.807) is 7.11 Å². The molecule has 1 amide bonds. The van der Waals surface area contributed by atoms with Gasteiger partial charge in [-0.3, -0.25) is 9.59 Å². The first-order valence-electron chi connectivity index (χ1n) is 8.94. The maximum absolute atomic E-state index is 12.4. The number of amides is 1. The van der Waals surface area contributed by atoms with E-state index in [1.165, 1.54) is 0 Å². The molecule has 4 nitrogen and oxygen atoms in total. The molecule has 0 aromatic heterocycles. The summed E-state index contributed by atoms with van der Waals surface area (Å²) >= 11 is 0. The Hall–Kier alpha value is -2.62. The van der Waals surface area contributed by atoms with Crippen molar-refractivity contribution in [1.82, 2.24) is 5.32 Å². The Morgan fingerprint density at radius 3 is 2.12 bits per heavy atom. The Bertz CT molecular complexity index is 733. The summed E-state index contributed by atoms with van der Waals surface area (Å²) in [6.07, 6.45) is 0.397. The fourth-order valence-electron chi connectivity index (χ4n) is 2.80. The number of benzene rings is 2. The number of nitrogens with one attached hydrogen (secondary N) is 1. The molecule has 1 unspecified atom stereocenters. The van der Waals surface area contributed by atoms with E-state index in [0.717, 1.165) is 16.9 Å². The highest BCUT2D eigenvalue weighted by atomic mass is 16.5. The Labute approximate surface area is 155 Å². The Morgan fingerprint density at radius 2 is 1.58 bits per heavy atom. The second-order valence-electron chi connectivity index (χ2n) is 6.85. The summed E-state index contributed by atoms with van der Waals surface area (Å²) < 4.78 is 5.18. The second kappa shape index (κ2) is 9.18. The zero-order valence-corrected chi connectivity index (χ0v) is 15.9. The molecule has 26 heavy (non-hydrogen) atoms. The van der Waals surface area contributed by atoms with Gasteiger partial charge in [-0.25, -0.2) is 0 Å². The quantitative estimate of drug-likeness (QED) is 0.712. The van der Waals surface area contributed by atoms with Gasteiger partial charge in [-0.1, -0.05) is 55.8 Å². The first-order valence-corrected chi connectivity index (χ1v) is 8.94. The van der Waals surface area contributed by atoms with Crippen LogP contribution >= 0.6 is 0 Å². The minimum Gasteiger partial charge on any atom is -0.497 e. The number of methoxy groups -OCH3 is 1. The van der Waals surface area contributed by atoms with E-state index in [9.17, 15) is 9.59 Å². The highest BCUT2D eigenvalue weighted by molar-refractivity contribution is 5.98. The largest absolute Gasteiger partial charge is 0.497 e. The van der Waals surface area contributed by atoms with E-state index in [4.69, 9.17) is 4.74 Å². The molecule has 0 saturated carbocycles. The van der Waals surface area contributed by atoms with Gasteiger partial charge in [0.2, 0.25) is 5.91 Å². The van der Waals surface area contributed by atoms with Crippen LogP contribution in [0.1, 0.15) is 54.2 Å². The number of hydrogen-bond donors (Lipinski definition) is 1. The fraction of sp³-hybridized carbons (Fsp3) is 0.364. The summed E-state index contributed by atoms with van der Waals surface area (Å²) in [5.74, 6) is 0.900. The Balaban J connectivity index is 1.94. The number of ether oxygens (including phenoxy) is 1. The van der Waals surface area contributed by atoms with Crippen LogP contribution in [0.15, 0.2) is 48.5 Å². The van der Waals surface area contributed by atoms with Gasteiger partial charge in [0, 0.05) is 18.4 Å². The minimum atomic E-state index is -0.111. The van der Waals surface area contributed by atoms with Gasteiger partial charge in [-0.2, -0.15) is 0 Å². The molecule has 1 atom stereocenters. The third kappa shape index (κ3) is 5.45. The van der Waals surface area contributed by atoms with Crippen molar-refractivity contribution in [2.75, 3.05) is 7.11 Å². The van der Waals surface area contributed by atoms with Gasteiger partial charge >= 0.3 is 0 Å². The zero-order valence-electron chi connectivity index (χ0n) is 15.9. The Morgan fingerprint density at radius 1 is 0.962 bits per heavy atom. The summed E-state index contributed by atoms with van der Waals surface area (Å²) in [6.45, 7) is 6.10. The number of aryl methyl sites for hydroxylation is 1. The molecule has 0 radical (unpaired) electrons. The van der Waals surface area contributed by atoms with Crippen LogP contribution in [0.25, 0.3) is 0 Å². The fourth-order valence-corrected chi connectivity index (χ4v) is 2.80. The molecule has 0 saturated heterocycles. The molecule has 0 aliphatic heterocycles. The van der Waals surface area contributed by atoms with Gasteiger partial charge in [0.05, 0.1) is 13.2 Å². The second-order valence-corrected chi connectivity index (χ2v) is 6.85. The maximum atomic E-state index is 12.4. The van der Waals surface area contributed by atoms with Crippen LogP contribution in [0.3, 0.4) is 0 Å². The molecule has 2 aromatic carbocycles. The summed E-state index contributed by atoms with van der Waals surface area (Å²) in [6, 6.07) is 15.0. The van der Waals surface area contributed by atoms with Crippen molar-refractivity contribution < 1.29 is 14.3 Å². The van der Waals surface area contributed by atoms with Gasteiger partial charge in [0.1, 0.15) is 5.75 Å². The topological polar surface area (TPSA) is 55.4 Å². The first kappa shape index (κ1) is 19.7. The predicted octanol–water partition coefficient (Wildman–Crippen LogP) is 4.48. The summed E-state index contributed by atoms with van der Waals surface area (Å²) in [5, 5.41) is 3.05. The van der Waals surface area contributed by atoms with E-state index < -0.39 is 0 Å². The average molecular weight is 353 g/mol. The van der Waals surface area contributed by atoms with E-state index >= 15 is 0 Å². The van der Waals surface area contributed by atoms with Crippen LogP contribution in [0, 0.1) is 12.8 Å². The molecule has 0 fully saturated rings. The number of rotatable bonds is 8. The predicted molar refractivity (Wildman–Crippen MR) is 103 cm³/mol. The zero-order chi connectivity index (χ0) is 19.1. The highest BCUT2D eigenvalue weighted by Crippen LogP contribution is 2.24. The van der Waals surface area contributed by atoms with Crippen LogP contribution < -0.4 is 10.1 Å². The van der Waals surface area contributed by atoms with E-state index in [-0.39, 0.29) is 36.5 Å². The average Bonchev–Trinajstić information content (AvgIpc) is 2.64. The molecule has 0 heterocycles. The molecular formula is C22H27NO3. The SMILES string of the molecule is COc1ccc(C(NC(=O)CCC(=O)c2ccc(C)cc2)C(C)C)cc1. The number of carbonyl (C=O) groups is 2. The van der Waals surface area contributed by atoms with Crippen molar-refractivity contribution in [2.45, 2.75) is 39.7 Å². The number of carbonyl (C=O) groups excluding carboxylic acids is 2. The third-order valence-electron chi connectivity index (χ3n) is 4.41. The lowest BCUT2D eigenvalue weighted by Gasteiger charge is -2.23. The standard InChI is InChI=1S/C22H27NO3/c1-15(2)22(18-9-11-19(26-4)12-10-18)23-21(25)14-13-20(24)17-7-5-16(3)6-8-17/h5-12,15,22H,13-14H2,1-4H3,(H,23,25). The lowest BCUT2D eigenvalue weighted by molar-refractivity contribution is -0.122. The first-order chi connectivity index (χ1) is 12.4. The monoisotopic (exact) mass is 353 g/mol. The molecular weight excluding hydrogens is 326 g/mol. The molecule has 0 spiro atoms. The van der Waals surface area contributed by atoms with E-state index in [0.29, 0.717) is 5.56 Å². The molecule has 2 aromatic rings. The molecule has 4 heteroatoms. The highest BCUT2D eigenvalue weighted by Gasteiger charge is 2.19. The van der Waals surface area contributed by atoms with Crippen molar-refractivity contribution in [3.63, 3.8) is 0 Å². The van der Waals surface area contributed by atoms with Crippen molar-refractivity contribution in [2.24, 2.45) is 5.92 Å². The molecule has 0 bridgehead atoms. The lowest BCUT2D eigenvalue weighted by atomic mass is 9.95. The van der Waals surface area contributed by atoms with Crippen molar-refractivity contribution in [3.05, 3.63) is 65.2 Å². The van der Waals surface area contributed by atoms with Crippen molar-refractivity contribution in [3.8, 4) is 5.75 Å². The molecule has 2 rings (SSSR count). The number of hydrogen-bond acceptors (Lipinski definition) is 3. The van der Waals surface area contributed by atoms with Crippen molar-refractivity contribution >= 4 is 11.7 Å². The van der Waals surface area contributed by atoms with E-state index in [2.05, 4.69) is 19.2 Å². The van der Waals surface area contributed by atoms with Gasteiger partial charge in [-0.15, -0.1) is 0 Å². The van der Waals surface area contributed by atoms with Crippen LogP contribution in [-0.2, 0) is 4.79 Å². The summed E-state index contributed by atoms with van der Waals surface area (Å²) in [7, 11) is 1.63. The molecule has 0 aliphatic carbocycles. The number of Topliss-reactive ketones (excluding diaryl/α,β-unsaturated/α-hetero) is 1. The summed E-state index contributed by atoms with van der Waals surface area (Å²) in [5.41, 5.74) is 2.79. The van der Waals surface area contributed by atoms with Gasteiger partial charge < -0.3 is 10.1 Å². The minimum absolute atomic E-state index is 0.00862. The smallest absolute Gasteiger partial charge is 0.220 e. The van der Waals surface area contributed by atoms with Crippen LogP contribution in [0.4, 0.5) is 0 Å². The van der Waals surface area contributed by atoms with Crippen LogP contribution in [0.5, 0.6) is 5.75 Å². The number of ketones is 1. The maximum Gasteiger partial charge on any atom is 0.220 e. The van der Waals surface area contributed by atoms with Gasteiger partial charge in [0.15, 0.2) is 5.78 Å². The van der Waals surface area contributed by atoms with Gasteiger partial charge in [0.25, 0.3) is 0 Å². The van der Waals surface area contributed by atoms with Gasteiger partial charge in [-0.05, 0) is 30.5 Å². The molecule has 1 N–H and O–H groups in total. The normalized spacial score (nSPS) is 11.9. The third-order valence-corrected chi connectivity index (χ3v) is 4.41. The molecule has 0 aliphatic rings. The Kier molecular flexibility index (Phi) is 6.96. The van der Waals surface area contributed by atoms with E-state index in [1.807, 2.05) is 55.5 Å². The molecule has 138 valence electrons.